The third-order valence-electron chi connectivity index (χ3n) is 3.44. The molecule has 0 aromatic heterocycles. The molecule has 2 aliphatic rings. The Balaban J connectivity index is 2.21. The molecular formula is C12H17F. The van der Waals surface area contributed by atoms with E-state index in [0.717, 1.165) is 12.3 Å². The first-order valence-electron chi connectivity index (χ1n) is 5.24. The van der Waals surface area contributed by atoms with Crippen LogP contribution in [0.1, 0.15) is 33.1 Å². The Labute approximate surface area is 79.5 Å². The van der Waals surface area contributed by atoms with Gasteiger partial charge in [-0.05, 0) is 49.2 Å². The highest BCUT2D eigenvalue weighted by molar-refractivity contribution is 5.28. The molecule has 0 N–H and O–H groups in total. The van der Waals surface area contributed by atoms with Crippen molar-refractivity contribution in [1.82, 2.24) is 0 Å². The lowest BCUT2D eigenvalue weighted by Gasteiger charge is -2.34. The molecule has 0 spiro atoms. The molecule has 0 aliphatic heterocycles. The predicted molar refractivity (Wildman–Crippen MR) is 52.9 cm³/mol. The van der Waals surface area contributed by atoms with Gasteiger partial charge in [0.1, 0.15) is 5.83 Å². The number of allylic oxidation sites excluding steroid dienone is 4. The summed E-state index contributed by atoms with van der Waals surface area (Å²) >= 11 is 0. The second-order valence-corrected chi connectivity index (χ2v) is 4.62. The van der Waals surface area contributed by atoms with Crippen LogP contribution in [0.25, 0.3) is 0 Å². The highest BCUT2D eigenvalue weighted by atomic mass is 19.1. The fourth-order valence-corrected chi connectivity index (χ4v) is 2.63. The second-order valence-electron chi connectivity index (χ2n) is 4.62. The number of hydrogen-bond acceptors (Lipinski definition) is 0. The maximum atomic E-state index is 13.1. The summed E-state index contributed by atoms with van der Waals surface area (Å²) in [5.74, 6) is 1.83. The molecule has 0 amide bonds. The van der Waals surface area contributed by atoms with Crippen molar-refractivity contribution in [1.29, 1.82) is 0 Å². The summed E-state index contributed by atoms with van der Waals surface area (Å²) in [6.07, 6.45) is 7.12. The molecular weight excluding hydrogens is 163 g/mol. The van der Waals surface area contributed by atoms with Gasteiger partial charge in [-0.15, -0.1) is 0 Å². The average molecular weight is 180 g/mol. The number of fused-ring (bicyclic) bond motifs is 1. The zero-order valence-electron chi connectivity index (χ0n) is 8.39. The van der Waals surface area contributed by atoms with E-state index >= 15 is 0 Å². The molecule has 1 fully saturated rings. The fraction of sp³-hybridized carbons (Fsp3) is 0.667. The van der Waals surface area contributed by atoms with E-state index in [9.17, 15) is 4.39 Å². The standard InChI is InChI=1S/C12H17F/c1-8-3-4-10-7-11(13)6-9(2)12(10)5-8/h6-9,12H,3-5H2,1-2H3/t8-,9?,12?/m1/s1. The van der Waals surface area contributed by atoms with Crippen LogP contribution < -0.4 is 0 Å². The van der Waals surface area contributed by atoms with Gasteiger partial charge in [0.2, 0.25) is 0 Å². The predicted octanol–water partition coefficient (Wildman–Crippen LogP) is 3.85. The molecule has 2 unspecified atom stereocenters. The molecule has 3 atom stereocenters. The minimum Gasteiger partial charge on any atom is -0.207 e. The molecule has 2 aliphatic carbocycles. The maximum absolute atomic E-state index is 13.1. The lowest BCUT2D eigenvalue weighted by Crippen LogP contribution is -2.23. The molecule has 0 heterocycles. The van der Waals surface area contributed by atoms with E-state index in [1.165, 1.54) is 18.4 Å². The quantitative estimate of drug-likeness (QED) is 0.531. The normalized spacial score (nSPS) is 39.2. The van der Waals surface area contributed by atoms with Crippen LogP contribution in [-0.4, -0.2) is 0 Å². The third-order valence-corrected chi connectivity index (χ3v) is 3.44. The van der Waals surface area contributed by atoms with Gasteiger partial charge < -0.3 is 0 Å². The second kappa shape index (κ2) is 3.28. The zero-order valence-corrected chi connectivity index (χ0v) is 8.39. The summed E-state index contributed by atoms with van der Waals surface area (Å²) in [6, 6.07) is 0. The van der Waals surface area contributed by atoms with Crippen LogP contribution in [0.2, 0.25) is 0 Å². The topological polar surface area (TPSA) is 0 Å². The molecule has 2 rings (SSSR count). The lowest BCUT2D eigenvalue weighted by molar-refractivity contribution is 0.301. The summed E-state index contributed by atoms with van der Waals surface area (Å²) < 4.78 is 13.1. The van der Waals surface area contributed by atoms with E-state index < -0.39 is 0 Å². The summed E-state index contributed by atoms with van der Waals surface area (Å²) in [6.45, 7) is 4.44. The molecule has 1 saturated carbocycles. The van der Waals surface area contributed by atoms with Crippen molar-refractivity contribution in [2.24, 2.45) is 17.8 Å². The van der Waals surface area contributed by atoms with Gasteiger partial charge in [-0.3, -0.25) is 0 Å². The van der Waals surface area contributed by atoms with E-state index in [-0.39, 0.29) is 5.83 Å². The SMILES string of the molecule is CC1C=C(F)C=C2CC[C@@H](C)CC21. The van der Waals surface area contributed by atoms with E-state index in [2.05, 4.69) is 13.8 Å². The first kappa shape index (κ1) is 8.98. The van der Waals surface area contributed by atoms with Gasteiger partial charge in [0.25, 0.3) is 0 Å². The first-order valence-corrected chi connectivity index (χ1v) is 5.24. The van der Waals surface area contributed by atoms with Crippen molar-refractivity contribution in [2.45, 2.75) is 33.1 Å². The van der Waals surface area contributed by atoms with Crippen LogP contribution in [0.15, 0.2) is 23.6 Å². The largest absolute Gasteiger partial charge is 0.207 e. The van der Waals surface area contributed by atoms with E-state index in [1.807, 2.05) is 0 Å². The summed E-state index contributed by atoms with van der Waals surface area (Å²) in [7, 11) is 0. The molecule has 72 valence electrons. The van der Waals surface area contributed by atoms with E-state index in [1.54, 1.807) is 12.2 Å². The number of hydrogen-bond donors (Lipinski definition) is 0. The van der Waals surface area contributed by atoms with Crippen molar-refractivity contribution in [2.75, 3.05) is 0 Å². The van der Waals surface area contributed by atoms with Gasteiger partial charge in [0, 0.05) is 0 Å². The van der Waals surface area contributed by atoms with Crippen LogP contribution in [-0.2, 0) is 0 Å². The molecule has 0 aromatic carbocycles. The number of rotatable bonds is 0. The van der Waals surface area contributed by atoms with Crippen LogP contribution in [0.5, 0.6) is 0 Å². The summed E-state index contributed by atoms with van der Waals surface area (Å²) in [5.41, 5.74) is 1.35. The Bertz CT molecular complexity index is 262. The first-order chi connectivity index (χ1) is 6.16. The monoisotopic (exact) mass is 180 g/mol. The van der Waals surface area contributed by atoms with Crippen LogP contribution in [0.4, 0.5) is 4.39 Å². The molecule has 0 radical (unpaired) electrons. The van der Waals surface area contributed by atoms with Crippen molar-refractivity contribution >= 4 is 0 Å². The Kier molecular flexibility index (Phi) is 2.27. The van der Waals surface area contributed by atoms with Gasteiger partial charge >= 0.3 is 0 Å². The highest BCUT2D eigenvalue weighted by Crippen LogP contribution is 2.41. The number of halogens is 1. The van der Waals surface area contributed by atoms with Gasteiger partial charge in [0.15, 0.2) is 0 Å². The van der Waals surface area contributed by atoms with Gasteiger partial charge in [-0.25, -0.2) is 4.39 Å². The van der Waals surface area contributed by atoms with Crippen molar-refractivity contribution in [3.05, 3.63) is 23.6 Å². The Morgan fingerprint density at radius 1 is 1.38 bits per heavy atom. The molecule has 0 nitrogen and oxygen atoms in total. The minimum atomic E-state index is -0.0201. The highest BCUT2D eigenvalue weighted by Gasteiger charge is 2.29. The average Bonchev–Trinajstić information content (AvgIpc) is 2.06. The molecule has 1 heteroatoms. The molecule has 0 aromatic rings. The van der Waals surface area contributed by atoms with Crippen LogP contribution in [0, 0.1) is 17.8 Å². The lowest BCUT2D eigenvalue weighted by atomic mass is 9.71. The van der Waals surface area contributed by atoms with Crippen LogP contribution >= 0.6 is 0 Å². The molecule has 13 heavy (non-hydrogen) atoms. The van der Waals surface area contributed by atoms with Crippen molar-refractivity contribution in [3.8, 4) is 0 Å². The summed E-state index contributed by atoms with van der Waals surface area (Å²) in [4.78, 5) is 0. The van der Waals surface area contributed by atoms with Crippen molar-refractivity contribution < 1.29 is 4.39 Å². The fourth-order valence-electron chi connectivity index (χ4n) is 2.63. The summed E-state index contributed by atoms with van der Waals surface area (Å²) in [5, 5.41) is 0. The smallest absolute Gasteiger partial charge is 0.119 e. The zero-order chi connectivity index (χ0) is 9.42. The van der Waals surface area contributed by atoms with Gasteiger partial charge in [-0.1, -0.05) is 19.4 Å². The van der Waals surface area contributed by atoms with Gasteiger partial charge in [0.05, 0.1) is 0 Å². The minimum absolute atomic E-state index is 0.0201. The maximum Gasteiger partial charge on any atom is 0.119 e. The molecule has 0 saturated heterocycles. The Morgan fingerprint density at radius 3 is 2.92 bits per heavy atom. The van der Waals surface area contributed by atoms with Gasteiger partial charge in [-0.2, -0.15) is 0 Å². The molecule has 0 bridgehead atoms. The van der Waals surface area contributed by atoms with Crippen molar-refractivity contribution in [3.63, 3.8) is 0 Å². The third kappa shape index (κ3) is 1.70. The van der Waals surface area contributed by atoms with E-state index in [0.29, 0.717) is 11.8 Å². The Morgan fingerprint density at radius 2 is 2.15 bits per heavy atom. The van der Waals surface area contributed by atoms with E-state index in [4.69, 9.17) is 0 Å². The van der Waals surface area contributed by atoms with Crippen LogP contribution in [0.3, 0.4) is 0 Å². The Hall–Kier alpha value is -0.590.